The Kier molecular flexibility index (Phi) is 4.44. The van der Waals surface area contributed by atoms with Crippen LogP contribution < -0.4 is 15.6 Å². The number of benzene rings is 1. The number of nitrogens with one attached hydrogen (secondary N) is 1. The summed E-state index contributed by atoms with van der Waals surface area (Å²) in [6.07, 6.45) is 1.61. The monoisotopic (exact) mass is 398 g/mol. The Balaban J connectivity index is 1.73. The average Bonchev–Trinajstić information content (AvgIpc) is 3.07. The van der Waals surface area contributed by atoms with Crippen LogP contribution in [0.25, 0.3) is 16.8 Å². The lowest BCUT2D eigenvalue weighted by atomic mass is 10.3. The standard InChI is InChI=1S/C18H15ClN6O3/c1-10-22-23-17-18(27)24(13-4-3-7-20-16(13)25(10)17)9-15(26)21-11-5-6-14(28-2)12(19)8-11/h3-8H,9H2,1-2H3,(H,21,26). The van der Waals surface area contributed by atoms with Gasteiger partial charge in [-0.3, -0.25) is 18.6 Å². The summed E-state index contributed by atoms with van der Waals surface area (Å²) in [4.78, 5) is 29.8. The van der Waals surface area contributed by atoms with Gasteiger partial charge in [0.1, 0.15) is 18.1 Å². The number of pyridine rings is 1. The quantitative estimate of drug-likeness (QED) is 0.564. The zero-order valence-corrected chi connectivity index (χ0v) is 15.8. The zero-order valence-electron chi connectivity index (χ0n) is 15.0. The number of aryl methyl sites for hydroxylation is 1. The lowest BCUT2D eigenvalue weighted by Gasteiger charge is -2.12. The molecule has 4 rings (SSSR count). The van der Waals surface area contributed by atoms with E-state index in [0.29, 0.717) is 33.4 Å². The van der Waals surface area contributed by atoms with Crippen molar-refractivity contribution in [1.82, 2.24) is 24.1 Å². The Bertz CT molecular complexity index is 1280. The molecule has 0 spiro atoms. The van der Waals surface area contributed by atoms with Gasteiger partial charge in [-0.2, -0.15) is 0 Å². The van der Waals surface area contributed by atoms with Crippen LogP contribution in [0.15, 0.2) is 41.3 Å². The van der Waals surface area contributed by atoms with E-state index in [9.17, 15) is 9.59 Å². The Morgan fingerprint density at radius 1 is 1.25 bits per heavy atom. The summed E-state index contributed by atoms with van der Waals surface area (Å²) in [5, 5.41) is 11.0. The molecule has 0 radical (unpaired) electrons. The number of anilines is 1. The summed E-state index contributed by atoms with van der Waals surface area (Å²) in [7, 11) is 1.51. The van der Waals surface area contributed by atoms with E-state index in [4.69, 9.17) is 16.3 Å². The molecule has 142 valence electrons. The first-order valence-corrected chi connectivity index (χ1v) is 8.70. The van der Waals surface area contributed by atoms with Crippen molar-refractivity contribution in [2.45, 2.75) is 13.5 Å². The van der Waals surface area contributed by atoms with Gasteiger partial charge in [-0.1, -0.05) is 11.6 Å². The number of ether oxygens (including phenoxy) is 1. The van der Waals surface area contributed by atoms with Crippen LogP contribution >= 0.6 is 11.6 Å². The van der Waals surface area contributed by atoms with Crippen molar-refractivity contribution >= 4 is 40.0 Å². The van der Waals surface area contributed by atoms with E-state index in [1.165, 1.54) is 11.7 Å². The summed E-state index contributed by atoms with van der Waals surface area (Å²) in [5.74, 6) is 0.648. The molecule has 3 aromatic heterocycles. The molecule has 1 N–H and O–H groups in total. The predicted molar refractivity (Wildman–Crippen MR) is 104 cm³/mol. The molecule has 3 heterocycles. The molecule has 0 aliphatic carbocycles. The Morgan fingerprint density at radius 3 is 2.82 bits per heavy atom. The molecule has 0 bridgehead atoms. The number of hydrogen-bond donors (Lipinski definition) is 1. The molecule has 9 nitrogen and oxygen atoms in total. The molecule has 1 amide bonds. The van der Waals surface area contributed by atoms with Gasteiger partial charge in [-0.15, -0.1) is 10.2 Å². The molecular weight excluding hydrogens is 384 g/mol. The van der Waals surface area contributed by atoms with Crippen LogP contribution in [0.2, 0.25) is 5.02 Å². The van der Waals surface area contributed by atoms with E-state index in [2.05, 4.69) is 20.5 Å². The largest absolute Gasteiger partial charge is 0.495 e. The number of carbonyl (C=O) groups excluding carboxylic acids is 1. The van der Waals surface area contributed by atoms with Gasteiger partial charge in [0.15, 0.2) is 5.65 Å². The second-order valence-corrected chi connectivity index (χ2v) is 6.45. The van der Waals surface area contributed by atoms with Gasteiger partial charge < -0.3 is 10.1 Å². The Hall–Kier alpha value is -3.46. The van der Waals surface area contributed by atoms with E-state index in [1.807, 2.05) is 0 Å². The molecule has 0 fully saturated rings. The molecule has 0 saturated carbocycles. The van der Waals surface area contributed by atoms with Crippen LogP contribution in [-0.4, -0.2) is 37.2 Å². The van der Waals surface area contributed by atoms with Crippen molar-refractivity contribution in [3.05, 3.63) is 57.7 Å². The molecule has 28 heavy (non-hydrogen) atoms. The molecular formula is C18H15ClN6O3. The highest BCUT2D eigenvalue weighted by molar-refractivity contribution is 6.32. The number of amides is 1. The van der Waals surface area contributed by atoms with Crippen molar-refractivity contribution in [1.29, 1.82) is 0 Å². The number of rotatable bonds is 4. The number of nitrogens with zero attached hydrogens (tertiary/aromatic N) is 5. The fourth-order valence-electron chi connectivity index (χ4n) is 3.00. The SMILES string of the molecule is COc1ccc(NC(=O)Cn2c(=O)c3nnc(C)n3c3ncccc32)cc1Cl. The summed E-state index contributed by atoms with van der Waals surface area (Å²) in [6, 6.07) is 8.31. The van der Waals surface area contributed by atoms with Crippen molar-refractivity contribution in [3.8, 4) is 5.75 Å². The van der Waals surface area contributed by atoms with E-state index in [1.54, 1.807) is 47.9 Å². The van der Waals surface area contributed by atoms with E-state index in [0.717, 1.165) is 0 Å². The molecule has 0 saturated heterocycles. The fraction of sp³-hybridized carbons (Fsp3) is 0.167. The van der Waals surface area contributed by atoms with E-state index in [-0.39, 0.29) is 12.2 Å². The third kappa shape index (κ3) is 2.95. The summed E-state index contributed by atoms with van der Waals surface area (Å²) >= 11 is 6.09. The van der Waals surface area contributed by atoms with E-state index >= 15 is 0 Å². The molecule has 10 heteroatoms. The lowest BCUT2D eigenvalue weighted by Crippen LogP contribution is -2.29. The first-order valence-electron chi connectivity index (χ1n) is 8.32. The molecule has 0 unspecified atom stereocenters. The number of hydrogen-bond acceptors (Lipinski definition) is 6. The van der Waals surface area contributed by atoms with Gasteiger partial charge >= 0.3 is 0 Å². The molecule has 0 atom stereocenters. The van der Waals surface area contributed by atoms with Crippen LogP contribution in [0.1, 0.15) is 5.82 Å². The highest BCUT2D eigenvalue weighted by Gasteiger charge is 2.17. The van der Waals surface area contributed by atoms with Gasteiger partial charge in [-0.25, -0.2) is 4.98 Å². The highest BCUT2D eigenvalue weighted by atomic mass is 35.5. The maximum absolute atomic E-state index is 12.9. The van der Waals surface area contributed by atoms with Crippen molar-refractivity contribution in [2.24, 2.45) is 0 Å². The highest BCUT2D eigenvalue weighted by Crippen LogP contribution is 2.27. The normalized spacial score (nSPS) is 11.1. The van der Waals surface area contributed by atoms with Gasteiger partial charge in [0, 0.05) is 11.9 Å². The van der Waals surface area contributed by atoms with E-state index < -0.39 is 11.5 Å². The molecule has 4 aromatic rings. The predicted octanol–water partition coefficient (Wildman–Crippen LogP) is 2.05. The van der Waals surface area contributed by atoms with Gasteiger partial charge in [-0.05, 0) is 37.3 Å². The van der Waals surface area contributed by atoms with Crippen LogP contribution in [0.3, 0.4) is 0 Å². The van der Waals surface area contributed by atoms with Gasteiger partial charge in [0.25, 0.3) is 5.56 Å². The Labute approximate surface area is 163 Å². The second kappa shape index (κ2) is 6.93. The maximum Gasteiger partial charge on any atom is 0.297 e. The number of halogens is 1. The minimum absolute atomic E-state index is 0.115. The summed E-state index contributed by atoms with van der Waals surface area (Å²) in [6.45, 7) is 1.52. The maximum atomic E-state index is 12.9. The minimum Gasteiger partial charge on any atom is -0.495 e. The van der Waals surface area contributed by atoms with Crippen LogP contribution in [0.4, 0.5) is 5.69 Å². The second-order valence-electron chi connectivity index (χ2n) is 6.04. The number of carbonyl (C=O) groups is 1. The Morgan fingerprint density at radius 2 is 2.07 bits per heavy atom. The first kappa shape index (κ1) is 17.9. The van der Waals surface area contributed by atoms with Crippen LogP contribution in [0.5, 0.6) is 5.75 Å². The number of aromatic nitrogens is 5. The van der Waals surface area contributed by atoms with Gasteiger partial charge in [0.2, 0.25) is 11.6 Å². The summed E-state index contributed by atoms with van der Waals surface area (Å²) in [5.41, 5.74) is 1.18. The molecule has 0 aliphatic rings. The molecule has 0 aliphatic heterocycles. The first-order chi connectivity index (χ1) is 13.5. The number of methoxy groups -OCH3 is 1. The van der Waals surface area contributed by atoms with Crippen molar-refractivity contribution < 1.29 is 9.53 Å². The van der Waals surface area contributed by atoms with Crippen LogP contribution in [0, 0.1) is 6.92 Å². The average molecular weight is 399 g/mol. The van der Waals surface area contributed by atoms with Gasteiger partial charge in [0.05, 0.1) is 17.6 Å². The van der Waals surface area contributed by atoms with Crippen LogP contribution in [-0.2, 0) is 11.3 Å². The lowest BCUT2D eigenvalue weighted by molar-refractivity contribution is -0.116. The smallest absolute Gasteiger partial charge is 0.297 e. The third-order valence-corrected chi connectivity index (χ3v) is 4.56. The minimum atomic E-state index is -0.427. The van der Waals surface area contributed by atoms with Crippen molar-refractivity contribution in [3.63, 3.8) is 0 Å². The third-order valence-electron chi connectivity index (χ3n) is 4.27. The fourth-order valence-corrected chi connectivity index (χ4v) is 3.26. The summed E-state index contributed by atoms with van der Waals surface area (Å²) < 4.78 is 8.00. The zero-order chi connectivity index (χ0) is 19.8. The van der Waals surface area contributed by atoms with Crippen molar-refractivity contribution in [2.75, 3.05) is 12.4 Å². The topological polar surface area (TPSA) is 103 Å². The molecule has 1 aromatic carbocycles. The number of fused-ring (bicyclic) bond motifs is 3.